The van der Waals surface area contributed by atoms with Gasteiger partial charge in [-0.05, 0) is 19.1 Å². The Morgan fingerprint density at radius 1 is 1.62 bits per heavy atom. The number of rotatable bonds is 1. The maximum absolute atomic E-state index is 13.0. The van der Waals surface area contributed by atoms with Crippen LogP contribution in [0.2, 0.25) is 0 Å². The molecule has 86 valence electrons. The Kier molecular flexibility index (Phi) is 2.46. The van der Waals surface area contributed by atoms with Crippen LogP contribution in [0.25, 0.3) is 0 Å². The molecule has 1 aromatic rings. The quantitative estimate of drug-likeness (QED) is 0.737. The Morgan fingerprint density at radius 2 is 2.38 bits per heavy atom. The van der Waals surface area contributed by atoms with Gasteiger partial charge in [-0.1, -0.05) is 0 Å². The Balaban J connectivity index is 2.32. The van der Waals surface area contributed by atoms with Crippen molar-refractivity contribution in [3.63, 3.8) is 0 Å². The lowest BCUT2D eigenvalue weighted by Crippen LogP contribution is -2.51. The molecule has 4 nitrogen and oxygen atoms in total. The normalized spacial score (nSPS) is 22.7. The number of methoxy groups -OCH3 is 1. The molecule has 0 bridgehead atoms. The van der Waals surface area contributed by atoms with E-state index >= 15 is 0 Å². The second-order valence-electron chi connectivity index (χ2n) is 3.88. The number of hydrogen-bond donors (Lipinski definition) is 1. The topological polar surface area (TPSA) is 47.6 Å². The molecule has 1 aromatic carbocycles. The minimum absolute atomic E-state index is 0.151. The fraction of sp³-hybridized carbons (Fsp3) is 0.364. The second-order valence-corrected chi connectivity index (χ2v) is 3.88. The first-order valence-electron chi connectivity index (χ1n) is 4.84. The van der Waals surface area contributed by atoms with Crippen LogP contribution in [0.15, 0.2) is 18.2 Å². The minimum Gasteiger partial charge on any atom is -0.488 e. The van der Waals surface area contributed by atoms with Crippen molar-refractivity contribution in [3.8, 4) is 5.75 Å². The Bertz CT molecular complexity index is 435. The largest absolute Gasteiger partial charge is 0.488 e. The average Bonchev–Trinajstić information content (AvgIpc) is 2.27. The molecule has 0 radical (unpaired) electrons. The van der Waals surface area contributed by atoms with E-state index in [-0.39, 0.29) is 12.4 Å². The van der Waals surface area contributed by atoms with Crippen LogP contribution >= 0.6 is 0 Å². The van der Waals surface area contributed by atoms with Crippen LogP contribution in [-0.4, -0.2) is 25.2 Å². The molecule has 0 spiro atoms. The molecule has 0 saturated heterocycles. The molecule has 0 saturated carbocycles. The maximum atomic E-state index is 13.0. The van der Waals surface area contributed by atoms with Gasteiger partial charge in [-0.3, -0.25) is 0 Å². The number of carbonyl (C=O) groups is 1. The summed E-state index contributed by atoms with van der Waals surface area (Å²) in [6, 6.07) is 4.12. The van der Waals surface area contributed by atoms with Gasteiger partial charge < -0.3 is 14.8 Å². The van der Waals surface area contributed by atoms with Crippen LogP contribution in [0.3, 0.4) is 0 Å². The number of benzene rings is 1. The van der Waals surface area contributed by atoms with E-state index in [2.05, 4.69) is 10.1 Å². The van der Waals surface area contributed by atoms with Crippen LogP contribution in [-0.2, 0) is 9.53 Å². The van der Waals surface area contributed by atoms with Gasteiger partial charge in [-0.2, -0.15) is 0 Å². The molecule has 2 rings (SSSR count). The van der Waals surface area contributed by atoms with E-state index < -0.39 is 11.5 Å². The molecule has 1 heterocycles. The first-order chi connectivity index (χ1) is 7.55. The van der Waals surface area contributed by atoms with Crippen molar-refractivity contribution >= 4 is 11.7 Å². The highest BCUT2D eigenvalue weighted by atomic mass is 19.1. The van der Waals surface area contributed by atoms with Crippen LogP contribution in [0.4, 0.5) is 10.1 Å². The number of ether oxygens (including phenoxy) is 2. The van der Waals surface area contributed by atoms with Gasteiger partial charge in [0.15, 0.2) is 5.54 Å². The summed E-state index contributed by atoms with van der Waals surface area (Å²) < 4.78 is 23.1. The summed E-state index contributed by atoms with van der Waals surface area (Å²) in [5.41, 5.74) is -0.519. The van der Waals surface area contributed by atoms with Crippen molar-refractivity contribution in [2.24, 2.45) is 0 Å². The predicted octanol–water partition coefficient (Wildman–Crippen LogP) is 1.56. The van der Waals surface area contributed by atoms with Crippen LogP contribution in [0.5, 0.6) is 5.75 Å². The number of anilines is 1. The van der Waals surface area contributed by atoms with Gasteiger partial charge in [-0.25, -0.2) is 9.18 Å². The van der Waals surface area contributed by atoms with Crippen molar-refractivity contribution in [2.45, 2.75) is 12.5 Å². The Hall–Kier alpha value is -1.78. The molecule has 1 aliphatic rings. The van der Waals surface area contributed by atoms with Gasteiger partial charge in [0.2, 0.25) is 0 Å². The standard InChI is InChI=1S/C11H12FNO3/c1-11(10(14)15-2)6-16-9-4-3-7(12)5-8(9)13-11/h3-5,13H,6H2,1-2H3. The van der Waals surface area contributed by atoms with Gasteiger partial charge in [0.05, 0.1) is 12.8 Å². The molecule has 16 heavy (non-hydrogen) atoms. The summed E-state index contributed by atoms with van der Waals surface area (Å²) in [5, 5.41) is 2.93. The SMILES string of the molecule is COC(=O)C1(C)COc2ccc(F)cc2N1. The molecule has 1 aliphatic heterocycles. The number of esters is 1. The summed E-state index contributed by atoms with van der Waals surface area (Å²) in [7, 11) is 1.30. The van der Waals surface area contributed by atoms with Gasteiger partial charge in [0, 0.05) is 6.07 Å². The summed E-state index contributed by atoms with van der Waals surface area (Å²) in [6.07, 6.45) is 0. The molecule has 1 unspecified atom stereocenters. The first kappa shape index (κ1) is 10.7. The van der Waals surface area contributed by atoms with Gasteiger partial charge in [-0.15, -0.1) is 0 Å². The zero-order chi connectivity index (χ0) is 11.8. The molecule has 0 amide bonds. The van der Waals surface area contributed by atoms with E-state index in [1.54, 1.807) is 6.92 Å². The van der Waals surface area contributed by atoms with E-state index in [4.69, 9.17) is 4.74 Å². The average molecular weight is 225 g/mol. The van der Waals surface area contributed by atoms with Crippen molar-refractivity contribution in [1.29, 1.82) is 0 Å². The molecule has 1 atom stereocenters. The van der Waals surface area contributed by atoms with E-state index in [9.17, 15) is 9.18 Å². The smallest absolute Gasteiger partial charge is 0.334 e. The second kappa shape index (κ2) is 3.66. The van der Waals surface area contributed by atoms with E-state index in [0.29, 0.717) is 11.4 Å². The third-order valence-electron chi connectivity index (χ3n) is 2.50. The van der Waals surface area contributed by atoms with Crippen molar-refractivity contribution in [1.82, 2.24) is 0 Å². The van der Waals surface area contributed by atoms with Crippen molar-refractivity contribution in [2.75, 3.05) is 19.0 Å². The van der Waals surface area contributed by atoms with Gasteiger partial charge >= 0.3 is 5.97 Å². The Labute approximate surface area is 92.4 Å². The maximum Gasteiger partial charge on any atom is 0.334 e. The fourth-order valence-electron chi connectivity index (χ4n) is 1.62. The highest BCUT2D eigenvalue weighted by Gasteiger charge is 2.39. The number of hydrogen-bond acceptors (Lipinski definition) is 4. The van der Waals surface area contributed by atoms with Gasteiger partial charge in [0.1, 0.15) is 18.2 Å². The molecule has 0 aromatic heterocycles. The first-order valence-corrected chi connectivity index (χ1v) is 4.84. The van der Waals surface area contributed by atoms with Crippen molar-refractivity contribution in [3.05, 3.63) is 24.0 Å². The lowest BCUT2D eigenvalue weighted by molar-refractivity contribution is -0.146. The lowest BCUT2D eigenvalue weighted by atomic mass is 10.0. The van der Waals surface area contributed by atoms with Crippen LogP contribution in [0, 0.1) is 5.82 Å². The number of halogens is 1. The summed E-state index contributed by atoms with van der Waals surface area (Å²) in [4.78, 5) is 11.5. The predicted molar refractivity (Wildman–Crippen MR) is 55.9 cm³/mol. The van der Waals surface area contributed by atoms with E-state index in [1.807, 2.05) is 0 Å². The molecule has 0 aliphatic carbocycles. The minimum atomic E-state index is -0.977. The van der Waals surface area contributed by atoms with E-state index in [1.165, 1.54) is 25.3 Å². The fourth-order valence-corrected chi connectivity index (χ4v) is 1.62. The van der Waals surface area contributed by atoms with Crippen LogP contribution < -0.4 is 10.1 Å². The number of nitrogens with one attached hydrogen (secondary N) is 1. The highest BCUT2D eigenvalue weighted by Crippen LogP contribution is 2.33. The molecular formula is C11H12FNO3. The molecule has 5 heteroatoms. The number of fused-ring (bicyclic) bond motifs is 1. The summed E-state index contributed by atoms with van der Waals surface area (Å²) in [5.74, 6) is -0.297. The number of carbonyl (C=O) groups excluding carboxylic acids is 1. The summed E-state index contributed by atoms with van der Waals surface area (Å²) in [6.45, 7) is 1.80. The molecule has 0 fully saturated rings. The highest BCUT2D eigenvalue weighted by molar-refractivity contribution is 5.85. The molecular weight excluding hydrogens is 213 g/mol. The monoisotopic (exact) mass is 225 g/mol. The summed E-state index contributed by atoms with van der Waals surface area (Å²) >= 11 is 0. The zero-order valence-electron chi connectivity index (χ0n) is 9.04. The Morgan fingerprint density at radius 3 is 3.06 bits per heavy atom. The van der Waals surface area contributed by atoms with Gasteiger partial charge in [0.25, 0.3) is 0 Å². The van der Waals surface area contributed by atoms with Crippen molar-refractivity contribution < 1.29 is 18.7 Å². The lowest BCUT2D eigenvalue weighted by Gasteiger charge is -2.34. The third-order valence-corrected chi connectivity index (χ3v) is 2.50. The van der Waals surface area contributed by atoms with E-state index in [0.717, 1.165) is 0 Å². The third kappa shape index (κ3) is 1.68. The molecule has 1 N–H and O–H groups in total. The zero-order valence-corrected chi connectivity index (χ0v) is 9.04. The van der Waals surface area contributed by atoms with Crippen LogP contribution in [0.1, 0.15) is 6.92 Å².